The zero-order valence-electron chi connectivity index (χ0n) is 8.54. The molecule has 82 valence electrons. The summed E-state index contributed by atoms with van der Waals surface area (Å²) in [5.41, 5.74) is 7.02. The number of hydrogen-bond donors (Lipinski definition) is 2. The lowest BCUT2D eigenvalue weighted by Crippen LogP contribution is -2.24. The quantitative estimate of drug-likeness (QED) is 0.670. The number of halogens is 1. The molecule has 1 aliphatic rings. The van der Waals surface area contributed by atoms with E-state index in [1.807, 2.05) is 13.0 Å². The Bertz CT molecular complexity index is 521. The summed E-state index contributed by atoms with van der Waals surface area (Å²) in [6.45, 7) is 1.87. The van der Waals surface area contributed by atoms with Crippen molar-refractivity contribution in [3.8, 4) is 6.07 Å². The van der Waals surface area contributed by atoms with E-state index < -0.39 is 0 Å². The Balaban J connectivity index is 2.75. The van der Waals surface area contributed by atoms with E-state index in [9.17, 15) is 4.79 Å². The molecule has 1 unspecified atom stereocenters. The van der Waals surface area contributed by atoms with Gasteiger partial charge >= 0.3 is 0 Å². The predicted octanol–water partition coefficient (Wildman–Crippen LogP) is 1.63. The van der Waals surface area contributed by atoms with E-state index in [2.05, 4.69) is 10.3 Å². The van der Waals surface area contributed by atoms with Gasteiger partial charge in [-0.15, -0.1) is 0 Å². The van der Waals surface area contributed by atoms with Crippen LogP contribution in [0.5, 0.6) is 0 Å². The number of rotatable bonds is 0. The van der Waals surface area contributed by atoms with Crippen molar-refractivity contribution in [3.63, 3.8) is 0 Å². The van der Waals surface area contributed by atoms with Crippen molar-refractivity contribution in [2.45, 2.75) is 19.3 Å². The van der Waals surface area contributed by atoms with Crippen LogP contribution in [0.4, 0.5) is 11.5 Å². The third-order valence-electron chi connectivity index (χ3n) is 2.58. The molecule has 1 aromatic rings. The number of carbonyl (C=O) groups excluding carboxylic acids is 1. The molecule has 0 saturated carbocycles. The van der Waals surface area contributed by atoms with Crippen LogP contribution >= 0.6 is 11.6 Å². The van der Waals surface area contributed by atoms with Crippen molar-refractivity contribution < 1.29 is 4.79 Å². The number of nitrogens with one attached hydrogen (secondary N) is 1. The highest BCUT2D eigenvalue weighted by molar-refractivity contribution is 6.31. The molecule has 0 spiro atoms. The molecular formula is C10H9ClN4O. The van der Waals surface area contributed by atoms with Gasteiger partial charge in [0.15, 0.2) is 5.15 Å². The minimum Gasteiger partial charge on any atom is -0.383 e. The number of nitrogens with zero attached hydrogens (tertiary/aromatic N) is 2. The third-order valence-corrected chi connectivity index (χ3v) is 2.85. The second-order valence-electron chi connectivity index (χ2n) is 3.72. The van der Waals surface area contributed by atoms with E-state index >= 15 is 0 Å². The number of pyridine rings is 1. The van der Waals surface area contributed by atoms with E-state index in [1.165, 1.54) is 0 Å². The molecular weight excluding hydrogens is 228 g/mol. The SMILES string of the molecule is CC1CC(=O)Nc2c(C#N)c(Cl)nc(N)c21. The van der Waals surface area contributed by atoms with E-state index in [4.69, 9.17) is 22.6 Å². The number of hydrogen-bond acceptors (Lipinski definition) is 4. The minimum atomic E-state index is -0.141. The Kier molecular flexibility index (Phi) is 2.44. The van der Waals surface area contributed by atoms with Crippen LogP contribution in [-0.2, 0) is 4.79 Å². The lowest BCUT2D eigenvalue weighted by molar-refractivity contribution is -0.116. The number of aromatic nitrogens is 1. The molecule has 1 aliphatic heterocycles. The molecule has 0 saturated heterocycles. The van der Waals surface area contributed by atoms with Gasteiger partial charge in [0, 0.05) is 12.0 Å². The Morgan fingerprint density at radius 1 is 1.69 bits per heavy atom. The van der Waals surface area contributed by atoms with Gasteiger partial charge in [0.2, 0.25) is 5.91 Å². The summed E-state index contributed by atoms with van der Waals surface area (Å²) in [7, 11) is 0. The molecule has 0 aliphatic carbocycles. The maximum atomic E-state index is 11.4. The fourth-order valence-electron chi connectivity index (χ4n) is 1.89. The summed E-state index contributed by atoms with van der Waals surface area (Å²) in [6.07, 6.45) is 0.339. The van der Waals surface area contributed by atoms with E-state index in [-0.39, 0.29) is 28.4 Å². The fraction of sp³-hybridized carbons (Fsp3) is 0.300. The highest BCUT2D eigenvalue weighted by Gasteiger charge is 2.28. The number of fused-ring (bicyclic) bond motifs is 1. The average molecular weight is 237 g/mol. The monoisotopic (exact) mass is 236 g/mol. The van der Waals surface area contributed by atoms with Crippen LogP contribution in [-0.4, -0.2) is 10.9 Å². The summed E-state index contributed by atoms with van der Waals surface area (Å²) >= 11 is 5.80. The normalized spacial score (nSPS) is 18.6. The average Bonchev–Trinajstić information content (AvgIpc) is 2.15. The number of nitrogens with two attached hydrogens (primary N) is 1. The third kappa shape index (κ3) is 1.48. The van der Waals surface area contributed by atoms with Crippen LogP contribution in [0.1, 0.15) is 30.4 Å². The summed E-state index contributed by atoms with van der Waals surface area (Å²) in [4.78, 5) is 15.3. The standard InChI is InChI=1S/C10H9ClN4O/c1-4-2-6(16)14-8-5(3-12)9(11)15-10(13)7(4)8/h4H,2H2,1H3,(H2,13,15)(H,14,16). The van der Waals surface area contributed by atoms with Crippen LogP contribution in [0.2, 0.25) is 5.15 Å². The van der Waals surface area contributed by atoms with Crippen LogP contribution in [0, 0.1) is 11.3 Å². The summed E-state index contributed by atoms with van der Waals surface area (Å²) in [5, 5.41) is 11.6. The number of nitrogen functional groups attached to an aromatic ring is 1. The van der Waals surface area contributed by atoms with Crippen LogP contribution in [0.25, 0.3) is 0 Å². The number of amides is 1. The van der Waals surface area contributed by atoms with Crippen molar-refractivity contribution in [3.05, 3.63) is 16.3 Å². The van der Waals surface area contributed by atoms with E-state index in [1.54, 1.807) is 0 Å². The molecule has 1 atom stereocenters. The van der Waals surface area contributed by atoms with E-state index in [0.717, 1.165) is 0 Å². The molecule has 0 radical (unpaired) electrons. The molecule has 5 nitrogen and oxygen atoms in total. The lowest BCUT2D eigenvalue weighted by Gasteiger charge is -2.24. The molecule has 16 heavy (non-hydrogen) atoms. The lowest BCUT2D eigenvalue weighted by atomic mass is 9.91. The molecule has 3 N–H and O–H groups in total. The highest BCUT2D eigenvalue weighted by Crippen LogP contribution is 2.39. The Hall–Kier alpha value is -1.80. The maximum Gasteiger partial charge on any atom is 0.225 e. The van der Waals surface area contributed by atoms with Gasteiger partial charge in [-0.2, -0.15) is 5.26 Å². The summed E-state index contributed by atoms with van der Waals surface area (Å²) in [6, 6.07) is 1.93. The van der Waals surface area contributed by atoms with Crippen molar-refractivity contribution >= 4 is 29.0 Å². The van der Waals surface area contributed by atoms with Crippen molar-refractivity contribution in [2.24, 2.45) is 0 Å². The van der Waals surface area contributed by atoms with E-state index in [0.29, 0.717) is 17.7 Å². The summed E-state index contributed by atoms with van der Waals surface area (Å²) in [5.74, 6) is 0.0743. The van der Waals surface area contributed by atoms with Gasteiger partial charge in [0.1, 0.15) is 17.5 Å². The molecule has 6 heteroatoms. The number of carbonyl (C=O) groups is 1. The first-order valence-electron chi connectivity index (χ1n) is 4.73. The van der Waals surface area contributed by atoms with Crippen molar-refractivity contribution in [2.75, 3.05) is 11.1 Å². The van der Waals surface area contributed by atoms with Gasteiger partial charge in [0.05, 0.1) is 5.69 Å². The summed E-state index contributed by atoms with van der Waals surface area (Å²) < 4.78 is 0. The molecule has 0 bridgehead atoms. The van der Waals surface area contributed by atoms with Crippen molar-refractivity contribution in [1.29, 1.82) is 5.26 Å². The molecule has 2 heterocycles. The maximum absolute atomic E-state index is 11.4. The first-order chi connectivity index (χ1) is 7.54. The van der Waals surface area contributed by atoms with Gasteiger partial charge in [-0.1, -0.05) is 18.5 Å². The molecule has 2 rings (SSSR count). The zero-order valence-corrected chi connectivity index (χ0v) is 9.30. The van der Waals surface area contributed by atoms with Gasteiger partial charge in [-0.05, 0) is 5.92 Å². The number of nitriles is 1. The van der Waals surface area contributed by atoms with Crippen LogP contribution in [0.3, 0.4) is 0 Å². The fourth-order valence-corrected chi connectivity index (χ4v) is 2.12. The highest BCUT2D eigenvalue weighted by atomic mass is 35.5. The molecule has 1 amide bonds. The van der Waals surface area contributed by atoms with Gasteiger partial charge < -0.3 is 11.1 Å². The van der Waals surface area contributed by atoms with Gasteiger partial charge in [-0.25, -0.2) is 4.98 Å². The van der Waals surface area contributed by atoms with Crippen molar-refractivity contribution in [1.82, 2.24) is 4.98 Å². The second-order valence-corrected chi connectivity index (χ2v) is 4.07. The topological polar surface area (TPSA) is 91.8 Å². The Labute approximate surface area is 97.2 Å². The second kappa shape index (κ2) is 3.65. The van der Waals surface area contributed by atoms with Crippen LogP contribution in [0.15, 0.2) is 0 Å². The Morgan fingerprint density at radius 3 is 3.00 bits per heavy atom. The largest absolute Gasteiger partial charge is 0.383 e. The first-order valence-corrected chi connectivity index (χ1v) is 5.11. The smallest absolute Gasteiger partial charge is 0.225 e. The predicted molar refractivity (Wildman–Crippen MR) is 60.0 cm³/mol. The Morgan fingerprint density at radius 2 is 2.38 bits per heavy atom. The minimum absolute atomic E-state index is 0.0214. The number of anilines is 2. The first kappa shape index (κ1) is 10.7. The molecule has 0 fully saturated rings. The molecule has 1 aromatic heterocycles. The van der Waals surface area contributed by atoms with Gasteiger partial charge in [-0.3, -0.25) is 4.79 Å². The zero-order chi connectivity index (χ0) is 11.9. The molecule has 0 aromatic carbocycles. The van der Waals surface area contributed by atoms with Gasteiger partial charge in [0.25, 0.3) is 0 Å². The van der Waals surface area contributed by atoms with Crippen LogP contribution < -0.4 is 11.1 Å².